The average Bonchev–Trinajstić information content (AvgIpc) is 3.26. The largest absolute Gasteiger partial charge is 0.480 e. The molecule has 2 aromatic carbocycles. The Labute approximate surface area is 204 Å². The van der Waals surface area contributed by atoms with Crippen LogP contribution in [0.15, 0.2) is 36.4 Å². The quantitative estimate of drug-likeness (QED) is 0.182. The smallest absolute Gasteiger partial charge is 0.317 e. The topological polar surface area (TPSA) is 160 Å². The molecule has 10 heteroatoms. The Balaban J connectivity index is 1.92. The number of fused-ring (bicyclic) bond motifs is 1. The maximum Gasteiger partial charge on any atom is 0.317 e. The van der Waals surface area contributed by atoms with Gasteiger partial charge in [-0.3, -0.25) is 20.3 Å². The van der Waals surface area contributed by atoms with Crippen molar-refractivity contribution in [1.82, 2.24) is 20.2 Å². The fraction of sp³-hybridized carbons (Fsp3) is 0.360. The Hall–Kier alpha value is -3.92. The molecule has 35 heavy (non-hydrogen) atoms. The van der Waals surface area contributed by atoms with E-state index in [1.807, 2.05) is 45.0 Å². The first-order valence-corrected chi connectivity index (χ1v) is 11.5. The Morgan fingerprint density at radius 2 is 1.83 bits per heavy atom. The van der Waals surface area contributed by atoms with Crippen LogP contribution in [0.5, 0.6) is 0 Å². The lowest BCUT2D eigenvalue weighted by atomic mass is 9.86. The minimum atomic E-state index is -1.22. The summed E-state index contributed by atoms with van der Waals surface area (Å²) in [6, 6.07) is 11.0. The van der Waals surface area contributed by atoms with Crippen molar-refractivity contribution in [3.05, 3.63) is 58.9 Å². The molecular formula is C25H33N7O3. The molecule has 3 rings (SSSR count). The lowest BCUT2D eigenvalue weighted by molar-refractivity contribution is -0.140. The number of benzene rings is 2. The monoisotopic (exact) mass is 479 g/mol. The SMILES string of the molecule is CCN(CC)C(=O)C(C)(NCC(=O)O)c1ccc2[nH]c(CNc3ccc(C(=N)N)cc3)nc2c1C. The first kappa shape index (κ1) is 25.7. The van der Waals surface area contributed by atoms with Crippen LogP contribution in [-0.2, 0) is 21.7 Å². The van der Waals surface area contributed by atoms with Crippen molar-refractivity contribution in [3.8, 4) is 0 Å². The molecule has 1 unspecified atom stereocenters. The number of hydrogen-bond acceptors (Lipinski definition) is 6. The van der Waals surface area contributed by atoms with Gasteiger partial charge in [0.1, 0.15) is 17.2 Å². The summed E-state index contributed by atoms with van der Waals surface area (Å²) in [6.45, 7) is 8.55. The summed E-state index contributed by atoms with van der Waals surface area (Å²) in [4.78, 5) is 34.5. The average molecular weight is 480 g/mol. The van der Waals surface area contributed by atoms with Crippen LogP contribution in [0.4, 0.5) is 5.69 Å². The molecule has 1 atom stereocenters. The fourth-order valence-electron chi connectivity index (χ4n) is 4.21. The van der Waals surface area contributed by atoms with E-state index in [4.69, 9.17) is 16.1 Å². The maximum absolute atomic E-state index is 13.5. The molecule has 0 bridgehead atoms. The highest BCUT2D eigenvalue weighted by molar-refractivity contribution is 5.95. The third kappa shape index (κ3) is 5.43. The van der Waals surface area contributed by atoms with E-state index in [-0.39, 0.29) is 18.3 Å². The molecule has 7 N–H and O–H groups in total. The zero-order valence-corrected chi connectivity index (χ0v) is 20.5. The van der Waals surface area contributed by atoms with Gasteiger partial charge in [0, 0.05) is 24.3 Å². The number of likely N-dealkylation sites (N-methyl/N-ethyl adjacent to an activating group) is 1. The molecule has 1 aromatic heterocycles. The summed E-state index contributed by atoms with van der Waals surface area (Å²) < 4.78 is 0. The van der Waals surface area contributed by atoms with Crippen LogP contribution < -0.4 is 16.4 Å². The number of anilines is 1. The van der Waals surface area contributed by atoms with Crippen molar-refractivity contribution in [1.29, 1.82) is 5.41 Å². The van der Waals surface area contributed by atoms with Crippen LogP contribution in [0.3, 0.4) is 0 Å². The number of carboxylic acids is 1. The maximum atomic E-state index is 13.5. The van der Waals surface area contributed by atoms with Gasteiger partial charge in [0.25, 0.3) is 0 Å². The van der Waals surface area contributed by atoms with Gasteiger partial charge in [0.15, 0.2) is 0 Å². The van der Waals surface area contributed by atoms with Crippen molar-refractivity contribution in [2.45, 2.75) is 39.8 Å². The van der Waals surface area contributed by atoms with Crippen LogP contribution in [-0.4, -0.2) is 57.3 Å². The van der Waals surface area contributed by atoms with Crippen LogP contribution >= 0.6 is 0 Å². The molecule has 0 aliphatic heterocycles. The Bertz CT molecular complexity index is 1230. The molecule has 3 aromatic rings. The molecule has 0 saturated heterocycles. The second kappa shape index (κ2) is 10.6. The first-order chi connectivity index (χ1) is 16.6. The van der Waals surface area contributed by atoms with Crippen molar-refractivity contribution in [2.75, 3.05) is 25.0 Å². The highest BCUT2D eigenvalue weighted by Crippen LogP contribution is 2.31. The molecule has 0 spiro atoms. The highest BCUT2D eigenvalue weighted by Gasteiger charge is 2.39. The van der Waals surface area contributed by atoms with Gasteiger partial charge in [-0.05, 0) is 69.2 Å². The number of carbonyl (C=O) groups is 2. The lowest BCUT2D eigenvalue weighted by Crippen LogP contribution is -2.55. The van der Waals surface area contributed by atoms with Crippen LogP contribution in [0.1, 0.15) is 43.3 Å². The highest BCUT2D eigenvalue weighted by atomic mass is 16.4. The Morgan fingerprint density at radius 3 is 2.40 bits per heavy atom. The molecule has 0 fully saturated rings. The van der Waals surface area contributed by atoms with E-state index in [2.05, 4.69) is 15.6 Å². The number of nitrogens with one attached hydrogen (secondary N) is 4. The molecular weight excluding hydrogens is 446 g/mol. The minimum Gasteiger partial charge on any atom is -0.480 e. The van der Waals surface area contributed by atoms with Gasteiger partial charge in [-0.15, -0.1) is 0 Å². The van der Waals surface area contributed by atoms with E-state index in [0.29, 0.717) is 36.6 Å². The summed E-state index contributed by atoms with van der Waals surface area (Å²) in [7, 11) is 0. The van der Waals surface area contributed by atoms with Gasteiger partial charge in [-0.25, -0.2) is 4.98 Å². The normalized spacial score (nSPS) is 12.8. The minimum absolute atomic E-state index is 0.0180. The van der Waals surface area contributed by atoms with Crippen LogP contribution in [0.25, 0.3) is 11.0 Å². The second-order valence-electron chi connectivity index (χ2n) is 8.51. The third-order valence-electron chi connectivity index (χ3n) is 6.22. The number of nitrogen functional groups attached to an aromatic ring is 1. The van der Waals surface area contributed by atoms with E-state index < -0.39 is 11.5 Å². The number of rotatable bonds is 11. The van der Waals surface area contributed by atoms with Gasteiger partial charge in [-0.1, -0.05) is 6.07 Å². The number of carbonyl (C=O) groups excluding carboxylic acids is 1. The molecule has 0 radical (unpaired) electrons. The van der Waals surface area contributed by atoms with Crippen LogP contribution in [0.2, 0.25) is 0 Å². The number of aryl methyl sites for hydroxylation is 1. The number of aliphatic carboxylic acids is 1. The zero-order valence-electron chi connectivity index (χ0n) is 20.5. The van der Waals surface area contributed by atoms with Crippen LogP contribution in [0, 0.1) is 12.3 Å². The zero-order chi connectivity index (χ0) is 25.8. The van der Waals surface area contributed by atoms with Crippen molar-refractivity contribution >= 4 is 34.4 Å². The number of imidazole rings is 1. The van der Waals surface area contributed by atoms with Crippen molar-refractivity contribution < 1.29 is 14.7 Å². The van der Waals surface area contributed by atoms with E-state index >= 15 is 0 Å². The van der Waals surface area contributed by atoms with Crippen molar-refractivity contribution in [2.24, 2.45) is 5.73 Å². The molecule has 0 saturated carbocycles. The summed E-state index contributed by atoms with van der Waals surface area (Å²) >= 11 is 0. The summed E-state index contributed by atoms with van der Waals surface area (Å²) in [5.41, 5.74) is 8.84. The number of amidine groups is 1. The van der Waals surface area contributed by atoms with Gasteiger partial charge in [0.05, 0.1) is 24.1 Å². The molecule has 10 nitrogen and oxygen atoms in total. The Kier molecular flexibility index (Phi) is 7.75. The number of nitrogens with zero attached hydrogens (tertiary/aromatic N) is 2. The predicted molar refractivity (Wildman–Crippen MR) is 137 cm³/mol. The number of H-pyrrole nitrogens is 1. The number of aromatic nitrogens is 2. The molecule has 1 heterocycles. The first-order valence-electron chi connectivity index (χ1n) is 11.5. The second-order valence-corrected chi connectivity index (χ2v) is 8.51. The number of hydrogen-bond donors (Lipinski definition) is 6. The fourth-order valence-corrected chi connectivity index (χ4v) is 4.21. The van der Waals surface area contributed by atoms with E-state index in [9.17, 15) is 14.7 Å². The molecule has 0 aliphatic carbocycles. The van der Waals surface area contributed by atoms with Gasteiger partial charge >= 0.3 is 5.97 Å². The standard InChI is InChI=1S/C25H33N7O3/c1-5-32(6-2)24(35)25(4,29-14-21(33)34)18-11-12-19-22(15(18)3)31-20(30-19)13-28-17-9-7-16(8-10-17)23(26)27/h7-12,28-29H,5-6,13-14H2,1-4H3,(H3,26,27)(H,30,31)(H,33,34). The van der Waals surface area contributed by atoms with Gasteiger partial charge in [-0.2, -0.15) is 0 Å². The predicted octanol–water partition coefficient (Wildman–Crippen LogP) is 2.53. The van der Waals surface area contributed by atoms with E-state index in [0.717, 1.165) is 22.3 Å². The number of aromatic amines is 1. The van der Waals surface area contributed by atoms with Crippen molar-refractivity contribution in [3.63, 3.8) is 0 Å². The van der Waals surface area contributed by atoms with Gasteiger partial charge in [0.2, 0.25) is 5.91 Å². The van der Waals surface area contributed by atoms with Gasteiger partial charge < -0.3 is 26.0 Å². The molecule has 0 aliphatic rings. The lowest BCUT2D eigenvalue weighted by Gasteiger charge is -2.35. The Morgan fingerprint density at radius 1 is 1.17 bits per heavy atom. The molecule has 1 amide bonds. The number of nitrogens with two attached hydrogens (primary N) is 1. The summed E-state index contributed by atoms with van der Waals surface area (Å²) in [5, 5.41) is 23.0. The molecule has 186 valence electrons. The summed E-state index contributed by atoms with van der Waals surface area (Å²) in [6.07, 6.45) is 0. The summed E-state index contributed by atoms with van der Waals surface area (Å²) in [5.74, 6) is -0.486. The van der Waals surface area contributed by atoms with E-state index in [1.165, 1.54) is 0 Å². The number of carboxylic acid groups (broad SMARTS) is 1. The van der Waals surface area contributed by atoms with E-state index in [1.54, 1.807) is 24.0 Å². The number of amides is 1. The third-order valence-corrected chi connectivity index (χ3v) is 6.22.